The van der Waals surface area contributed by atoms with Crippen LogP contribution in [0.5, 0.6) is 0 Å². The molecule has 5 nitrogen and oxygen atoms in total. The molecule has 0 saturated heterocycles. The highest BCUT2D eigenvalue weighted by molar-refractivity contribution is 9.10. The summed E-state index contributed by atoms with van der Waals surface area (Å²) in [5, 5.41) is 10.9. The zero-order valence-electron chi connectivity index (χ0n) is 17.7. The molecule has 31 heavy (non-hydrogen) atoms. The van der Waals surface area contributed by atoms with Gasteiger partial charge in [-0.05, 0) is 36.4 Å². The number of aromatic nitrogens is 2. The van der Waals surface area contributed by atoms with Crippen molar-refractivity contribution in [2.24, 2.45) is 0 Å². The zero-order valence-corrected chi connectivity index (χ0v) is 20.3. The number of fused-ring (bicyclic) bond motifs is 3. The summed E-state index contributed by atoms with van der Waals surface area (Å²) in [6.07, 6.45) is 0.869. The maximum absolute atomic E-state index is 14.5. The van der Waals surface area contributed by atoms with Crippen molar-refractivity contribution in [1.29, 1.82) is 0 Å². The van der Waals surface area contributed by atoms with Crippen LogP contribution in [0.15, 0.2) is 47.1 Å². The van der Waals surface area contributed by atoms with Crippen LogP contribution in [-0.2, 0) is 11.5 Å². The van der Waals surface area contributed by atoms with Gasteiger partial charge in [-0.3, -0.25) is 0 Å². The number of rotatable bonds is 6. The molecule has 2 heterocycles. The van der Waals surface area contributed by atoms with Crippen molar-refractivity contribution in [2.75, 3.05) is 17.2 Å². The van der Waals surface area contributed by atoms with Crippen LogP contribution in [0.3, 0.4) is 0 Å². The number of ether oxygens (including phenoxy) is 1. The maximum atomic E-state index is 14.5. The third-order valence-corrected chi connectivity index (χ3v) is 7.37. The third-order valence-electron chi connectivity index (χ3n) is 5.17. The molecule has 1 aliphatic heterocycles. The van der Waals surface area contributed by atoms with E-state index < -0.39 is 25.9 Å². The van der Waals surface area contributed by atoms with Crippen LogP contribution >= 0.6 is 15.9 Å². The Morgan fingerprint density at radius 3 is 2.52 bits per heavy atom. The molecule has 2 aromatic carbocycles. The minimum absolute atomic E-state index is 0.0663. The molecule has 4 rings (SSSR count). The fraction of sp³-hybridized carbons (Fsp3) is 0.318. The van der Waals surface area contributed by atoms with Gasteiger partial charge < -0.3 is 15.4 Å². The van der Waals surface area contributed by atoms with Crippen LogP contribution in [-0.4, -0.2) is 24.5 Å². The molecule has 1 aliphatic rings. The lowest BCUT2D eigenvalue weighted by molar-refractivity contribution is 0.0798. The molecule has 0 bridgehead atoms. The summed E-state index contributed by atoms with van der Waals surface area (Å²) in [6.45, 7) is 7.89. The second-order valence-corrected chi connectivity index (χ2v) is 15.3. The Bertz CT molecular complexity index is 1080. The summed E-state index contributed by atoms with van der Waals surface area (Å²) < 4.78 is 37.6. The fourth-order valence-corrected chi connectivity index (χ4v) is 4.64. The lowest BCUT2D eigenvalue weighted by Gasteiger charge is -2.21. The largest absolute Gasteiger partial charge is 0.361 e. The molecular weight excluding hydrogens is 482 g/mol. The Balaban J connectivity index is 1.70. The molecule has 0 spiro atoms. The van der Waals surface area contributed by atoms with Gasteiger partial charge in [-0.15, -0.1) is 0 Å². The molecule has 1 aromatic heterocycles. The number of anilines is 2. The molecular formula is C22H25BrF2N4OSi. The van der Waals surface area contributed by atoms with E-state index in [9.17, 15) is 8.78 Å². The molecule has 2 N–H and O–H groups in total. The molecule has 0 amide bonds. The van der Waals surface area contributed by atoms with Gasteiger partial charge >= 0.3 is 0 Å². The van der Waals surface area contributed by atoms with Crippen molar-refractivity contribution in [3.8, 4) is 11.3 Å². The molecule has 0 aliphatic carbocycles. The van der Waals surface area contributed by atoms with Crippen molar-refractivity contribution in [3.63, 3.8) is 0 Å². The molecule has 0 radical (unpaired) electrons. The van der Waals surface area contributed by atoms with Crippen LogP contribution in [0.2, 0.25) is 25.7 Å². The molecule has 1 atom stereocenters. The van der Waals surface area contributed by atoms with Gasteiger partial charge in [-0.1, -0.05) is 41.6 Å². The zero-order chi connectivity index (χ0) is 22.2. The summed E-state index contributed by atoms with van der Waals surface area (Å²) in [5.74, 6) is -1.23. The summed E-state index contributed by atoms with van der Waals surface area (Å²) in [7, 11) is -1.19. The standard InChI is InChI=1S/C22H25BrF2N4OSi/c1-31(2,3)10-9-30-13-29-21-15-11-14(23)7-8-18(15)27-22(28-19(21)12-26-29)20-16(24)5-4-6-17(20)25/h4-8,11-12,22,27-28H,9-10,13H2,1-3H3. The van der Waals surface area contributed by atoms with E-state index in [0.29, 0.717) is 19.0 Å². The van der Waals surface area contributed by atoms with Crippen molar-refractivity contribution >= 4 is 35.4 Å². The monoisotopic (exact) mass is 506 g/mol. The van der Waals surface area contributed by atoms with Crippen LogP contribution < -0.4 is 10.6 Å². The second kappa shape index (κ2) is 8.72. The van der Waals surface area contributed by atoms with Crippen molar-refractivity contribution in [2.45, 2.75) is 38.6 Å². The van der Waals surface area contributed by atoms with Crippen LogP contribution in [0, 0.1) is 11.6 Å². The number of hydrogen-bond acceptors (Lipinski definition) is 4. The van der Waals surface area contributed by atoms with Gasteiger partial charge in [0.05, 0.1) is 23.1 Å². The smallest absolute Gasteiger partial charge is 0.140 e. The van der Waals surface area contributed by atoms with Gasteiger partial charge in [0.25, 0.3) is 0 Å². The van der Waals surface area contributed by atoms with Gasteiger partial charge in [0, 0.05) is 30.4 Å². The van der Waals surface area contributed by atoms with Crippen molar-refractivity contribution in [1.82, 2.24) is 9.78 Å². The molecule has 3 aromatic rings. The highest BCUT2D eigenvalue weighted by Crippen LogP contribution is 2.41. The Labute approximate surface area is 189 Å². The van der Waals surface area contributed by atoms with Gasteiger partial charge in [-0.25, -0.2) is 13.5 Å². The van der Waals surface area contributed by atoms with E-state index >= 15 is 0 Å². The maximum Gasteiger partial charge on any atom is 0.140 e. The van der Waals surface area contributed by atoms with E-state index in [-0.39, 0.29) is 5.56 Å². The van der Waals surface area contributed by atoms with Gasteiger partial charge in [0.1, 0.15) is 24.5 Å². The predicted octanol–water partition coefficient (Wildman–Crippen LogP) is 6.44. The number of benzene rings is 2. The summed E-state index contributed by atoms with van der Waals surface area (Å²) in [5.41, 5.74) is 3.01. The summed E-state index contributed by atoms with van der Waals surface area (Å²) >= 11 is 3.53. The van der Waals surface area contributed by atoms with Gasteiger partial charge in [-0.2, -0.15) is 5.10 Å². The van der Waals surface area contributed by atoms with E-state index in [2.05, 4.69) is 51.3 Å². The van der Waals surface area contributed by atoms with Crippen molar-refractivity contribution in [3.05, 3.63) is 64.3 Å². The normalized spacial score (nSPS) is 15.5. The molecule has 164 valence electrons. The first-order chi connectivity index (χ1) is 14.7. The van der Waals surface area contributed by atoms with Crippen LogP contribution in [0.1, 0.15) is 11.7 Å². The van der Waals surface area contributed by atoms with Gasteiger partial charge in [0.15, 0.2) is 0 Å². The number of halogens is 3. The first-order valence-corrected chi connectivity index (χ1v) is 14.6. The molecule has 9 heteroatoms. The van der Waals surface area contributed by atoms with Crippen molar-refractivity contribution < 1.29 is 13.5 Å². The topological polar surface area (TPSA) is 51.1 Å². The van der Waals surface area contributed by atoms with Crippen LogP contribution in [0.25, 0.3) is 11.3 Å². The number of nitrogens with zero attached hydrogens (tertiary/aromatic N) is 2. The molecule has 1 unspecified atom stereocenters. The van der Waals surface area contributed by atoms with E-state index in [0.717, 1.165) is 27.5 Å². The third kappa shape index (κ3) is 4.83. The predicted molar refractivity (Wildman–Crippen MR) is 126 cm³/mol. The highest BCUT2D eigenvalue weighted by Gasteiger charge is 2.28. The number of nitrogens with one attached hydrogen (secondary N) is 2. The Hall–Kier alpha value is -2.23. The van der Waals surface area contributed by atoms with Gasteiger partial charge in [0.2, 0.25) is 0 Å². The van der Waals surface area contributed by atoms with E-state index in [1.54, 1.807) is 10.9 Å². The average Bonchev–Trinajstić information content (AvgIpc) is 3.00. The average molecular weight is 507 g/mol. The first-order valence-electron chi connectivity index (χ1n) is 10.1. The second-order valence-electron chi connectivity index (χ2n) is 8.80. The minimum atomic E-state index is -1.19. The minimum Gasteiger partial charge on any atom is -0.361 e. The fourth-order valence-electron chi connectivity index (χ4n) is 3.52. The summed E-state index contributed by atoms with van der Waals surface area (Å²) in [6, 6.07) is 10.7. The Morgan fingerprint density at radius 2 is 1.81 bits per heavy atom. The lowest BCUT2D eigenvalue weighted by atomic mass is 10.1. The molecule has 0 fully saturated rings. The van der Waals surface area contributed by atoms with Crippen LogP contribution in [0.4, 0.5) is 20.2 Å². The SMILES string of the molecule is C[Si](C)(C)CCOCn1ncc2c1-c1cc(Br)ccc1NC(c1c(F)cccc1F)N2. The van der Waals surface area contributed by atoms with E-state index in [4.69, 9.17) is 4.74 Å². The number of hydrogen-bond donors (Lipinski definition) is 2. The van der Waals surface area contributed by atoms with E-state index in [1.165, 1.54) is 18.2 Å². The molecule has 0 saturated carbocycles. The Morgan fingerprint density at radius 1 is 1.10 bits per heavy atom. The summed E-state index contributed by atoms with van der Waals surface area (Å²) in [4.78, 5) is 0. The highest BCUT2D eigenvalue weighted by atomic mass is 79.9. The quantitative estimate of drug-likeness (QED) is 0.298. The Kier molecular flexibility index (Phi) is 6.18. The lowest BCUT2D eigenvalue weighted by Crippen LogP contribution is -2.22. The van der Waals surface area contributed by atoms with E-state index in [1.807, 2.05) is 18.2 Å². The first kappa shape index (κ1) is 22.0.